The lowest BCUT2D eigenvalue weighted by Crippen LogP contribution is -2.08. The second-order valence-corrected chi connectivity index (χ2v) is 7.42. The summed E-state index contributed by atoms with van der Waals surface area (Å²) >= 11 is 4.98. The summed E-state index contributed by atoms with van der Waals surface area (Å²) in [5.74, 6) is 0.267. The van der Waals surface area contributed by atoms with Gasteiger partial charge in [-0.2, -0.15) is 0 Å². The topological polar surface area (TPSA) is 17.1 Å². The summed E-state index contributed by atoms with van der Waals surface area (Å²) in [6.45, 7) is 8.50. The lowest BCUT2D eigenvalue weighted by atomic mass is 9.89. The minimum Gasteiger partial charge on any atom is -0.293 e. The number of ketones is 1. The highest BCUT2D eigenvalue weighted by Gasteiger charge is 2.16. The zero-order valence-corrected chi connectivity index (χ0v) is 12.1. The van der Waals surface area contributed by atoms with Gasteiger partial charge in [0.25, 0.3) is 0 Å². The SMILES string of the molecule is Cc1cc(C(=O)CCC(C)(C)C)sc1Br. The number of Topliss-reactive ketones (excluding diaryl/α,β-unsaturated/α-hetero) is 1. The van der Waals surface area contributed by atoms with Gasteiger partial charge in [-0.3, -0.25) is 4.79 Å². The Morgan fingerprint density at radius 1 is 1.47 bits per heavy atom. The van der Waals surface area contributed by atoms with E-state index >= 15 is 0 Å². The van der Waals surface area contributed by atoms with Crippen molar-refractivity contribution in [3.05, 3.63) is 20.3 Å². The molecule has 0 aliphatic carbocycles. The maximum Gasteiger partial charge on any atom is 0.172 e. The van der Waals surface area contributed by atoms with Gasteiger partial charge < -0.3 is 0 Å². The van der Waals surface area contributed by atoms with E-state index in [0.717, 1.165) is 20.6 Å². The number of carbonyl (C=O) groups excluding carboxylic acids is 1. The fraction of sp³-hybridized carbons (Fsp3) is 0.583. The molecule has 0 saturated carbocycles. The van der Waals surface area contributed by atoms with Gasteiger partial charge in [-0.15, -0.1) is 11.3 Å². The predicted octanol–water partition coefficient (Wildman–Crippen LogP) is 4.83. The lowest BCUT2D eigenvalue weighted by molar-refractivity contribution is 0.0970. The quantitative estimate of drug-likeness (QED) is 0.728. The first kappa shape index (κ1) is 12.9. The van der Waals surface area contributed by atoms with Crippen LogP contribution in [-0.4, -0.2) is 5.78 Å². The van der Waals surface area contributed by atoms with Crippen LogP contribution in [0, 0.1) is 12.3 Å². The third kappa shape index (κ3) is 4.07. The van der Waals surface area contributed by atoms with E-state index in [1.165, 1.54) is 0 Å². The number of carbonyl (C=O) groups is 1. The number of hydrogen-bond acceptors (Lipinski definition) is 2. The Balaban J connectivity index is 2.62. The molecular weight excluding hydrogens is 272 g/mol. The van der Waals surface area contributed by atoms with E-state index in [9.17, 15) is 4.79 Å². The van der Waals surface area contributed by atoms with Crippen LogP contribution in [0.3, 0.4) is 0 Å². The predicted molar refractivity (Wildman–Crippen MR) is 69.8 cm³/mol. The molecule has 0 spiro atoms. The van der Waals surface area contributed by atoms with Gasteiger partial charge in [-0.25, -0.2) is 0 Å². The molecule has 3 heteroatoms. The van der Waals surface area contributed by atoms with E-state index in [4.69, 9.17) is 0 Å². The molecule has 0 bridgehead atoms. The molecule has 0 N–H and O–H groups in total. The van der Waals surface area contributed by atoms with E-state index in [0.29, 0.717) is 6.42 Å². The Labute approximate surface area is 104 Å². The number of hydrogen-bond donors (Lipinski definition) is 0. The van der Waals surface area contributed by atoms with E-state index in [2.05, 4.69) is 36.7 Å². The molecule has 15 heavy (non-hydrogen) atoms. The second kappa shape index (κ2) is 4.79. The second-order valence-electron chi connectivity index (χ2n) is 5.05. The molecule has 0 aromatic carbocycles. The van der Waals surface area contributed by atoms with Crippen LogP contribution in [0.1, 0.15) is 48.8 Å². The molecule has 1 nitrogen and oxygen atoms in total. The molecule has 0 atom stereocenters. The van der Waals surface area contributed by atoms with Gasteiger partial charge in [0.1, 0.15) is 0 Å². The van der Waals surface area contributed by atoms with Gasteiger partial charge in [0.2, 0.25) is 0 Å². The van der Waals surface area contributed by atoms with Crippen LogP contribution in [0.2, 0.25) is 0 Å². The van der Waals surface area contributed by atoms with Crippen LogP contribution in [0.25, 0.3) is 0 Å². The number of halogens is 1. The maximum absolute atomic E-state index is 11.8. The van der Waals surface area contributed by atoms with Crippen LogP contribution in [0.15, 0.2) is 9.85 Å². The molecule has 0 radical (unpaired) electrons. The molecule has 1 aromatic heterocycles. The normalized spacial score (nSPS) is 11.8. The van der Waals surface area contributed by atoms with Gasteiger partial charge in [-0.1, -0.05) is 20.8 Å². The summed E-state index contributed by atoms with van der Waals surface area (Å²) in [5, 5.41) is 0. The molecule has 1 rings (SSSR count). The van der Waals surface area contributed by atoms with Crippen molar-refractivity contribution >= 4 is 33.0 Å². The first-order valence-electron chi connectivity index (χ1n) is 5.09. The smallest absolute Gasteiger partial charge is 0.172 e. The zero-order valence-electron chi connectivity index (χ0n) is 9.69. The fourth-order valence-electron chi connectivity index (χ4n) is 1.21. The van der Waals surface area contributed by atoms with Crippen LogP contribution in [-0.2, 0) is 0 Å². The fourth-order valence-corrected chi connectivity index (χ4v) is 2.71. The summed E-state index contributed by atoms with van der Waals surface area (Å²) < 4.78 is 1.07. The summed E-state index contributed by atoms with van der Waals surface area (Å²) in [6.07, 6.45) is 1.59. The Morgan fingerprint density at radius 3 is 2.47 bits per heavy atom. The highest BCUT2D eigenvalue weighted by atomic mass is 79.9. The number of thiophene rings is 1. The Kier molecular flexibility index (Phi) is 4.13. The van der Waals surface area contributed by atoms with Crippen LogP contribution in [0.5, 0.6) is 0 Å². The monoisotopic (exact) mass is 288 g/mol. The zero-order chi connectivity index (χ0) is 11.6. The largest absolute Gasteiger partial charge is 0.293 e. The van der Waals surface area contributed by atoms with E-state index in [1.54, 1.807) is 11.3 Å². The van der Waals surface area contributed by atoms with Crippen LogP contribution >= 0.6 is 27.3 Å². The highest BCUT2D eigenvalue weighted by molar-refractivity contribution is 9.11. The average Bonchev–Trinajstić information content (AvgIpc) is 2.42. The summed E-state index contributed by atoms with van der Waals surface area (Å²) in [7, 11) is 0. The standard InChI is InChI=1S/C12H17BrOS/c1-8-7-10(15-11(8)13)9(14)5-6-12(2,3)4/h7H,5-6H2,1-4H3. The molecule has 0 unspecified atom stereocenters. The van der Waals surface area contributed by atoms with E-state index < -0.39 is 0 Å². The molecule has 0 aliphatic heterocycles. The first-order valence-corrected chi connectivity index (χ1v) is 6.70. The van der Waals surface area contributed by atoms with Crippen molar-refractivity contribution < 1.29 is 4.79 Å². The van der Waals surface area contributed by atoms with E-state index in [-0.39, 0.29) is 11.2 Å². The van der Waals surface area contributed by atoms with Gasteiger partial charge in [0, 0.05) is 6.42 Å². The minimum atomic E-state index is 0.235. The molecule has 0 amide bonds. The minimum absolute atomic E-state index is 0.235. The van der Waals surface area contributed by atoms with Crippen molar-refractivity contribution in [2.24, 2.45) is 5.41 Å². The van der Waals surface area contributed by atoms with Gasteiger partial charge in [0.05, 0.1) is 8.66 Å². The summed E-state index contributed by atoms with van der Waals surface area (Å²) in [6, 6.07) is 1.97. The third-order valence-corrected chi connectivity index (χ3v) is 4.41. The van der Waals surface area contributed by atoms with Crippen LogP contribution < -0.4 is 0 Å². The Hall–Kier alpha value is -0.150. The molecule has 0 aliphatic rings. The van der Waals surface area contributed by atoms with Gasteiger partial charge >= 0.3 is 0 Å². The molecular formula is C12H17BrOS. The lowest BCUT2D eigenvalue weighted by Gasteiger charge is -2.16. The van der Waals surface area contributed by atoms with Crippen molar-refractivity contribution in [3.8, 4) is 0 Å². The van der Waals surface area contributed by atoms with Gasteiger partial charge in [-0.05, 0) is 46.3 Å². The first-order chi connectivity index (χ1) is 6.79. The van der Waals surface area contributed by atoms with Crippen molar-refractivity contribution in [2.75, 3.05) is 0 Å². The van der Waals surface area contributed by atoms with Crippen molar-refractivity contribution in [3.63, 3.8) is 0 Å². The molecule has 1 aromatic rings. The molecule has 0 saturated heterocycles. The van der Waals surface area contributed by atoms with Crippen molar-refractivity contribution in [1.29, 1.82) is 0 Å². The molecule has 0 fully saturated rings. The highest BCUT2D eigenvalue weighted by Crippen LogP contribution is 2.29. The summed E-state index contributed by atoms with van der Waals surface area (Å²) in [5.41, 5.74) is 1.39. The van der Waals surface area contributed by atoms with Gasteiger partial charge in [0.15, 0.2) is 5.78 Å². The third-order valence-electron chi connectivity index (χ3n) is 2.23. The molecule has 1 heterocycles. The van der Waals surface area contributed by atoms with E-state index in [1.807, 2.05) is 13.0 Å². The Bertz CT molecular complexity index is 341. The average molecular weight is 289 g/mol. The number of rotatable bonds is 3. The van der Waals surface area contributed by atoms with Crippen molar-refractivity contribution in [1.82, 2.24) is 0 Å². The maximum atomic E-state index is 11.8. The molecule has 84 valence electrons. The summed E-state index contributed by atoms with van der Waals surface area (Å²) in [4.78, 5) is 12.7. The van der Waals surface area contributed by atoms with Crippen LogP contribution in [0.4, 0.5) is 0 Å². The number of aryl methyl sites for hydroxylation is 1. The Morgan fingerprint density at radius 2 is 2.07 bits per heavy atom. The van der Waals surface area contributed by atoms with Crippen molar-refractivity contribution in [2.45, 2.75) is 40.5 Å².